The fraction of sp³-hybridized carbons (Fsp3) is 0.969. The molecule has 0 aromatic carbocycles. The number of hydrogen-bond acceptors (Lipinski definition) is 5. The Labute approximate surface area is 225 Å². The van der Waals surface area contributed by atoms with E-state index < -0.39 is 5.60 Å². The van der Waals surface area contributed by atoms with Crippen molar-refractivity contribution in [3.8, 4) is 0 Å². The van der Waals surface area contributed by atoms with Gasteiger partial charge in [0.15, 0.2) is 0 Å². The minimum atomic E-state index is -0.838. The molecule has 0 spiro atoms. The molecule has 5 fully saturated rings. The first-order valence-corrected chi connectivity index (χ1v) is 15.2. The largest absolute Gasteiger partial charge is 0.462 e. The first-order valence-electron chi connectivity index (χ1n) is 15.2. The molecule has 0 bridgehead atoms. The van der Waals surface area contributed by atoms with Crippen LogP contribution in [0.5, 0.6) is 0 Å². The Morgan fingerprint density at radius 1 is 0.892 bits per heavy atom. The maximum Gasteiger partial charge on any atom is 0.302 e. The van der Waals surface area contributed by atoms with Crippen LogP contribution in [0.15, 0.2) is 0 Å². The van der Waals surface area contributed by atoms with Gasteiger partial charge in [0.1, 0.15) is 6.10 Å². The third kappa shape index (κ3) is 3.83. The highest BCUT2D eigenvalue weighted by Gasteiger charge is 2.72. The molecule has 212 valence electrons. The summed E-state index contributed by atoms with van der Waals surface area (Å²) in [6, 6.07) is 0. The van der Waals surface area contributed by atoms with Crippen LogP contribution in [0.4, 0.5) is 0 Å². The number of rotatable bonds is 3. The van der Waals surface area contributed by atoms with E-state index in [1.165, 1.54) is 6.42 Å². The molecule has 11 atom stereocenters. The summed E-state index contributed by atoms with van der Waals surface area (Å²) in [4.78, 5) is 12.5. The van der Waals surface area contributed by atoms with Crippen LogP contribution in [0.3, 0.4) is 0 Å². The van der Waals surface area contributed by atoms with E-state index in [1.54, 1.807) is 6.92 Å². The summed E-state index contributed by atoms with van der Waals surface area (Å²) < 4.78 is 13.1. The number of fused-ring (bicyclic) bond motifs is 5. The Bertz CT molecular complexity index is 923. The van der Waals surface area contributed by atoms with Crippen LogP contribution < -0.4 is 0 Å². The molecule has 0 aromatic heterocycles. The summed E-state index contributed by atoms with van der Waals surface area (Å²) in [5.41, 5.74) is -1.00. The molecule has 0 aromatic rings. The summed E-state index contributed by atoms with van der Waals surface area (Å²) in [6.45, 7) is 19.7. The van der Waals surface area contributed by atoms with Crippen LogP contribution in [0.2, 0.25) is 0 Å². The normalized spacial score (nSPS) is 53.2. The number of esters is 1. The Balaban J connectivity index is 1.54. The minimum Gasteiger partial charge on any atom is -0.462 e. The lowest BCUT2D eigenvalue weighted by Crippen LogP contribution is -2.68. The van der Waals surface area contributed by atoms with Gasteiger partial charge in [0.25, 0.3) is 0 Å². The van der Waals surface area contributed by atoms with Gasteiger partial charge in [-0.1, -0.05) is 34.6 Å². The number of aliphatic hydroxyl groups excluding tert-OH is 1. The number of carbonyl (C=O) groups excluding carboxylic acids is 1. The van der Waals surface area contributed by atoms with Gasteiger partial charge in [-0.05, 0) is 118 Å². The molecule has 4 saturated carbocycles. The van der Waals surface area contributed by atoms with Crippen molar-refractivity contribution in [1.82, 2.24) is 0 Å². The third-order valence-corrected chi connectivity index (χ3v) is 13.5. The molecule has 0 radical (unpaired) electrons. The van der Waals surface area contributed by atoms with Gasteiger partial charge in [0, 0.05) is 12.8 Å². The zero-order valence-electron chi connectivity index (χ0n) is 25.0. The van der Waals surface area contributed by atoms with E-state index in [0.29, 0.717) is 17.8 Å². The molecule has 0 amide bonds. The molecule has 5 heteroatoms. The average Bonchev–Trinajstić information content (AvgIpc) is 3.33. The quantitative estimate of drug-likeness (QED) is 0.430. The minimum absolute atomic E-state index is 0.0294. The zero-order valence-corrected chi connectivity index (χ0v) is 25.0. The van der Waals surface area contributed by atoms with Crippen molar-refractivity contribution < 1.29 is 24.5 Å². The van der Waals surface area contributed by atoms with Crippen molar-refractivity contribution in [2.45, 2.75) is 150 Å². The van der Waals surface area contributed by atoms with Crippen LogP contribution in [0, 0.1) is 45.3 Å². The number of ether oxygens (including phenoxy) is 2. The Kier molecular flexibility index (Phi) is 6.35. The van der Waals surface area contributed by atoms with Gasteiger partial charge in [-0.15, -0.1) is 0 Å². The summed E-state index contributed by atoms with van der Waals surface area (Å²) >= 11 is 0. The van der Waals surface area contributed by atoms with Crippen LogP contribution >= 0.6 is 0 Å². The molecule has 1 heterocycles. The fourth-order valence-electron chi connectivity index (χ4n) is 11.4. The van der Waals surface area contributed by atoms with Crippen LogP contribution in [0.1, 0.15) is 120 Å². The summed E-state index contributed by atoms with van der Waals surface area (Å²) in [6.07, 6.45) is 8.65. The van der Waals surface area contributed by atoms with E-state index in [9.17, 15) is 15.0 Å². The first-order chi connectivity index (χ1) is 16.9. The lowest BCUT2D eigenvalue weighted by Gasteiger charge is -2.71. The van der Waals surface area contributed by atoms with Crippen molar-refractivity contribution in [1.29, 1.82) is 0 Å². The number of aliphatic hydroxyl groups is 2. The number of hydrogen-bond donors (Lipinski definition) is 2. The first kappa shape index (κ1) is 27.9. The monoisotopic (exact) mass is 518 g/mol. The highest BCUT2D eigenvalue weighted by Crippen LogP contribution is 2.76. The van der Waals surface area contributed by atoms with Crippen molar-refractivity contribution in [3.05, 3.63) is 0 Å². The van der Waals surface area contributed by atoms with Gasteiger partial charge in [-0.2, -0.15) is 0 Å². The van der Waals surface area contributed by atoms with Gasteiger partial charge < -0.3 is 19.7 Å². The van der Waals surface area contributed by atoms with E-state index in [0.717, 1.165) is 51.4 Å². The van der Waals surface area contributed by atoms with E-state index in [1.807, 2.05) is 13.8 Å². The standard InChI is InChI=1S/C32H54O5/c1-19(33)36-22-18-21-20(32(9)17-13-25(37-32)28(4,5)35)10-15-30(21,7)31(8)16-11-23-27(2,3)24(34)12-14-29(23,6)26(22)31/h20-26,34-35H,10-18H2,1-9H3/t20-,21+,22+,23-,24-,25-,26+,29-,30+,31+,32+/m0/s1. The van der Waals surface area contributed by atoms with Crippen molar-refractivity contribution >= 4 is 5.97 Å². The van der Waals surface area contributed by atoms with Crippen LogP contribution in [-0.4, -0.2) is 45.7 Å². The molecule has 5 nitrogen and oxygen atoms in total. The van der Waals surface area contributed by atoms with Gasteiger partial charge in [0.2, 0.25) is 0 Å². The number of carbonyl (C=O) groups is 1. The van der Waals surface area contributed by atoms with Gasteiger partial charge in [0.05, 0.1) is 23.4 Å². The fourth-order valence-corrected chi connectivity index (χ4v) is 11.4. The Morgan fingerprint density at radius 2 is 1.54 bits per heavy atom. The van der Waals surface area contributed by atoms with E-state index >= 15 is 0 Å². The lowest BCUT2D eigenvalue weighted by molar-refractivity contribution is -0.261. The predicted octanol–water partition coefficient (Wildman–Crippen LogP) is 6.28. The molecule has 1 saturated heterocycles. The van der Waals surface area contributed by atoms with Crippen molar-refractivity contribution in [2.24, 2.45) is 45.3 Å². The maximum atomic E-state index is 12.5. The second-order valence-corrected chi connectivity index (χ2v) is 16.0. The third-order valence-electron chi connectivity index (χ3n) is 13.5. The SMILES string of the molecule is CC(=O)O[C@@H]1C[C@@H]2[C@@H]([C@@]3(C)CC[C@@H](C(C)(C)O)O3)CC[C@@]2(C)[C@]2(C)CC[C@H]3C(C)(C)[C@@H](O)CC[C@]3(C)[C@@H]12. The molecule has 2 N–H and O–H groups in total. The Hall–Kier alpha value is -0.650. The van der Waals surface area contributed by atoms with E-state index in [-0.39, 0.29) is 57.5 Å². The van der Waals surface area contributed by atoms with Gasteiger partial charge in [-0.3, -0.25) is 4.79 Å². The molecular weight excluding hydrogens is 464 g/mol. The second-order valence-electron chi connectivity index (χ2n) is 16.0. The topological polar surface area (TPSA) is 76.0 Å². The average molecular weight is 519 g/mol. The van der Waals surface area contributed by atoms with Crippen LogP contribution in [0.25, 0.3) is 0 Å². The van der Waals surface area contributed by atoms with Gasteiger partial charge >= 0.3 is 5.97 Å². The predicted molar refractivity (Wildman–Crippen MR) is 145 cm³/mol. The highest BCUT2D eigenvalue weighted by atomic mass is 16.5. The summed E-state index contributed by atoms with van der Waals surface area (Å²) in [5, 5.41) is 21.7. The second kappa shape index (κ2) is 8.43. The van der Waals surface area contributed by atoms with Gasteiger partial charge in [-0.25, -0.2) is 0 Å². The van der Waals surface area contributed by atoms with Crippen molar-refractivity contribution in [2.75, 3.05) is 0 Å². The van der Waals surface area contributed by atoms with E-state index in [4.69, 9.17) is 9.47 Å². The zero-order chi connectivity index (χ0) is 27.4. The molecular formula is C32H54O5. The maximum absolute atomic E-state index is 12.5. The molecule has 0 unspecified atom stereocenters. The molecule has 5 aliphatic rings. The molecule has 5 rings (SSSR count). The van der Waals surface area contributed by atoms with Crippen LogP contribution in [-0.2, 0) is 14.3 Å². The molecule has 1 aliphatic heterocycles. The highest BCUT2D eigenvalue weighted by molar-refractivity contribution is 5.66. The molecule has 37 heavy (non-hydrogen) atoms. The smallest absolute Gasteiger partial charge is 0.302 e. The molecule has 4 aliphatic carbocycles. The van der Waals surface area contributed by atoms with E-state index in [2.05, 4.69) is 41.5 Å². The Morgan fingerprint density at radius 3 is 2.14 bits per heavy atom. The van der Waals surface area contributed by atoms with Crippen molar-refractivity contribution in [3.63, 3.8) is 0 Å². The summed E-state index contributed by atoms with van der Waals surface area (Å²) in [5.74, 6) is 1.36. The summed E-state index contributed by atoms with van der Waals surface area (Å²) in [7, 11) is 0. The lowest BCUT2D eigenvalue weighted by atomic mass is 9.35.